The monoisotopic (exact) mass is 288 g/mol. The van der Waals surface area contributed by atoms with Crippen molar-refractivity contribution in [3.63, 3.8) is 0 Å². The van der Waals surface area contributed by atoms with Crippen LogP contribution >= 0.6 is 0 Å². The summed E-state index contributed by atoms with van der Waals surface area (Å²) in [7, 11) is 0. The van der Waals surface area contributed by atoms with Crippen LogP contribution in [0.2, 0.25) is 0 Å². The van der Waals surface area contributed by atoms with Crippen LogP contribution in [0.4, 0.5) is 0 Å². The highest BCUT2D eigenvalue weighted by Crippen LogP contribution is 2.13. The molecule has 21 heavy (non-hydrogen) atoms. The molecule has 5 nitrogen and oxygen atoms in total. The first kappa shape index (κ1) is 14.4. The molecule has 0 radical (unpaired) electrons. The zero-order valence-corrected chi connectivity index (χ0v) is 12.6. The summed E-state index contributed by atoms with van der Waals surface area (Å²) in [6.45, 7) is 8.55. The van der Waals surface area contributed by atoms with Crippen LogP contribution in [0.25, 0.3) is 0 Å². The Labute approximate surface area is 126 Å². The van der Waals surface area contributed by atoms with E-state index in [-0.39, 0.29) is 0 Å². The molecule has 114 valence electrons. The molecule has 0 bridgehead atoms. The first-order chi connectivity index (χ1) is 10.3. The fourth-order valence-electron chi connectivity index (χ4n) is 2.72. The van der Waals surface area contributed by atoms with E-state index in [4.69, 9.17) is 4.74 Å². The maximum atomic E-state index is 5.41. The lowest BCUT2D eigenvalue weighted by Crippen LogP contribution is -2.38. The van der Waals surface area contributed by atoms with Crippen molar-refractivity contribution in [1.29, 1.82) is 0 Å². The molecule has 1 aromatic rings. The SMILES string of the molecule is CC1CN=C(NCc2ccccc2CN2CCOCC2)N1. The number of ether oxygens (including phenoxy) is 1. The van der Waals surface area contributed by atoms with Gasteiger partial charge in [-0.05, 0) is 18.1 Å². The number of guanidine groups is 1. The Kier molecular flexibility index (Phi) is 4.72. The molecule has 3 rings (SSSR count). The van der Waals surface area contributed by atoms with Crippen molar-refractivity contribution in [2.45, 2.75) is 26.1 Å². The van der Waals surface area contributed by atoms with Crippen molar-refractivity contribution in [1.82, 2.24) is 15.5 Å². The number of nitrogens with zero attached hydrogens (tertiary/aromatic N) is 2. The molecule has 2 heterocycles. The predicted molar refractivity (Wildman–Crippen MR) is 84.3 cm³/mol. The van der Waals surface area contributed by atoms with Crippen molar-refractivity contribution in [3.05, 3.63) is 35.4 Å². The summed E-state index contributed by atoms with van der Waals surface area (Å²) in [5.41, 5.74) is 2.73. The Morgan fingerprint density at radius 3 is 2.76 bits per heavy atom. The summed E-state index contributed by atoms with van der Waals surface area (Å²) in [4.78, 5) is 6.90. The molecule has 0 spiro atoms. The molecule has 2 N–H and O–H groups in total. The number of aliphatic imine (C=N–C) groups is 1. The lowest BCUT2D eigenvalue weighted by molar-refractivity contribution is 0.0341. The van der Waals surface area contributed by atoms with E-state index in [0.29, 0.717) is 6.04 Å². The van der Waals surface area contributed by atoms with E-state index in [1.54, 1.807) is 0 Å². The van der Waals surface area contributed by atoms with Crippen molar-refractivity contribution in [3.8, 4) is 0 Å². The molecule has 2 aliphatic heterocycles. The van der Waals surface area contributed by atoms with Crippen LogP contribution in [0, 0.1) is 0 Å². The second kappa shape index (κ2) is 6.91. The number of rotatable bonds is 4. The molecule has 1 atom stereocenters. The lowest BCUT2D eigenvalue weighted by atomic mass is 10.1. The Morgan fingerprint density at radius 1 is 1.29 bits per heavy atom. The van der Waals surface area contributed by atoms with E-state index < -0.39 is 0 Å². The fourth-order valence-corrected chi connectivity index (χ4v) is 2.72. The van der Waals surface area contributed by atoms with Crippen molar-refractivity contribution >= 4 is 5.96 Å². The zero-order chi connectivity index (χ0) is 14.5. The maximum absolute atomic E-state index is 5.41. The van der Waals surface area contributed by atoms with Gasteiger partial charge in [-0.1, -0.05) is 24.3 Å². The zero-order valence-electron chi connectivity index (χ0n) is 12.6. The van der Waals surface area contributed by atoms with E-state index in [1.165, 1.54) is 11.1 Å². The molecule has 0 amide bonds. The van der Waals surface area contributed by atoms with Crippen molar-refractivity contribution in [2.75, 3.05) is 32.8 Å². The van der Waals surface area contributed by atoms with Gasteiger partial charge in [0, 0.05) is 32.2 Å². The van der Waals surface area contributed by atoms with Crippen molar-refractivity contribution in [2.24, 2.45) is 4.99 Å². The highest BCUT2D eigenvalue weighted by Gasteiger charge is 2.14. The van der Waals surface area contributed by atoms with E-state index in [9.17, 15) is 0 Å². The molecule has 1 aromatic carbocycles. The summed E-state index contributed by atoms with van der Waals surface area (Å²) in [6.07, 6.45) is 0. The molecule has 2 aliphatic rings. The van der Waals surface area contributed by atoms with Gasteiger partial charge in [-0.2, -0.15) is 0 Å². The Balaban J connectivity index is 1.59. The highest BCUT2D eigenvalue weighted by atomic mass is 16.5. The van der Waals surface area contributed by atoms with Gasteiger partial charge in [0.2, 0.25) is 0 Å². The molecule has 0 aromatic heterocycles. The summed E-state index contributed by atoms with van der Waals surface area (Å²) in [5, 5.41) is 6.74. The first-order valence-corrected chi connectivity index (χ1v) is 7.73. The van der Waals surface area contributed by atoms with E-state index in [1.807, 2.05) is 0 Å². The van der Waals surface area contributed by atoms with Gasteiger partial charge in [-0.15, -0.1) is 0 Å². The maximum Gasteiger partial charge on any atom is 0.191 e. The number of nitrogens with one attached hydrogen (secondary N) is 2. The second-order valence-corrected chi connectivity index (χ2v) is 5.75. The Bertz CT molecular complexity index is 497. The number of morpholine rings is 1. The van der Waals surface area contributed by atoms with Gasteiger partial charge in [0.1, 0.15) is 0 Å². The predicted octanol–water partition coefficient (Wildman–Crippen LogP) is 0.956. The number of benzene rings is 1. The summed E-state index contributed by atoms with van der Waals surface area (Å²) in [6, 6.07) is 9.08. The lowest BCUT2D eigenvalue weighted by Gasteiger charge is -2.27. The molecular weight excluding hydrogens is 264 g/mol. The van der Waals surface area contributed by atoms with E-state index in [0.717, 1.165) is 51.9 Å². The minimum Gasteiger partial charge on any atom is -0.379 e. The summed E-state index contributed by atoms with van der Waals surface area (Å²) >= 11 is 0. The van der Waals surface area contributed by atoms with Crippen LogP contribution in [0.3, 0.4) is 0 Å². The molecular formula is C16H24N4O. The normalized spacial score (nSPS) is 22.7. The smallest absolute Gasteiger partial charge is 0.191 e. The molecule has 5 heteroatoms. The molecule has 1 fully saturated rings. The van der Waals surface area contributed by atoms with Gasteiger partial charge in [0.25, 0.3) is 0 Å². The first-order valence-electron chi connectivity index (χ1n) is 7.73. The van der Waals surface area contributed by atoms with E-state index >= 15 is 0 Å². The van der Waals surface area contributed by atoms with Crippen LogP contribution < -0.4 is 10.6 Å². The molecule has 1 saturated heterocycles. The minimum absolute atomic E-state index is 0.441. The molecule has 0 saturated carbocycles. The molecule has 1 unspecified atom stereocenters. The highest BCUT2D eigenvalue weighted by molar-refractivity contribution is 5.81. The second-order valence-electron chi connectivity index (χ2n) is 5.75. The van der Waals surface area contributed by atoms with Crippen LogP contribution in [-0.2, 0) is 17.8 Å². The van der Waals surface area contributed by atoms with Crippen LogP contribution in [-0.4, -0.2) is 49.7 Å². The van der Waals surface area contributed by atoms with E-state index in [2.05, 4.69) is 51.7 Å². The average molecular weight is 288 g/mol. The third-order valence-electron chi connectivity index (χ3n) is 3.97. The summed E-state index contributed by atoms with van der Waals surface area (Å²) < 4.78 is 5.41. The summed E-state index contributed by atoms with van der Waals surface area (Å²) in [5.74, 6) is 0.920. The fraction of sp³-hybridized carbons (Fsp3) is 0.562. The minimum atomic E-state index is 0.441. The topological polar surface area (TPSA) is 48.9 Å². The van der Waals surface area contributed by atoms with Gasteiger partial charge >= 0.3 is 0 Å². The largest absolute Gasteiger partial charge is 0.379 e. The van der Waals surface area contributed by atoms with Gasteiger partial charge in [0.05, 0.1) is 19.8 Å². The van der Waals surface area contributed by atoms with Crippen LogP contribution in [0.1, 0.15) is 18.1 Å². The van der Waals surface area contributed by atoms with Gasteiger partial charge in [-0.25, -0.2) is 0 Å². The molecule has 0 aliphatic carbocycles. The van der Waals surface area contributed by atoms with Crippen LogP contribution in [0.5, 0.6) is 0 Å². The van der Waals surface area contributed by atoms with Gasteiger partial charge < -0.3 is 15.4 Å². The third-order valence-corrected chi connectivity index (χ3v) is 3.97. The Morgan fingerprint density at radius 2 is 2.05 bits per heavy atom. The van der Waals surface area contributed by atoms with Gasteiger partial charge in [0.15, 0.2) is 5.96 Å². The van der Waals surface area contributed by atoms with Gasteiger partial charge in [-0.3, -0.25) is 9.89 Å². The van der Waals surface area contributed by atoms with Crippen LogP contribution in [0.15, 0.2) is 29.3 Å². The Hall–Kier alpha value is -1.59. The quantitative estimate of drug-likeness (QED) is 0.866. The van der Waals surface area contributed by atoms with Crippen molar-refractivity contribution < 1.29 is 4.74 Å². The number of hydrogen-bond acceptors (Lipinski definition) is 5. The average Bonchev–Trinajstić information content (AvgIpc) is 2.93. The number of hydrogen-bond donors (Lipinski definition) is 2. The third kappa shape index (κ3) is 3.95. The standard InChI is InChI=1S/C16H24N4O/c1-13-10-17-16(19-13)18-11-14-4-2-3-5-15(14)12-20-6-8-21-9-7-20/h2-5,13H,6-12H2,1H3,(H2,17,18,19).